The Labute approximate surface area is 142 Å². The SMILES string of the molecule is Cl.Cl.O=C(NCCc1nc2ccccc2[nH]1)C1CCCNC1. The Hall–Kier alpha value is -1.30. The fourth-order valence-corrected chi connectivity index (χ4v) is 2.65. The molecule has 122 valence electrons. The van der Waals surface area contributed by atoms with Crippen molar-refractivity contribution in [1.82, 2.24) is 20.6 Å². The van der Waals surface area contributed by atoms with Crippen molar-refractivity contribution in [3.8, 4) is 0 Å². The van der Waals surface area contributed by atoms with E-state index in [4.69, 9.17) is 0 Å². The minimum Gasteiger partial charge on any atom is -0.355 e. The maximum atomic E-state index is 12.0. The zero-order valence-corrected chi connectivity index (χ0v) is 13.9. The van der Waals surface area contributed by atoms with Crippen molar-refractivity contribution in [3.63, 3.8) is 0 Å². The van der Waals surface area contributed by atoms with Crippen LogP contribution >= 0.6 is 24.8 Å². The molecule has 1 aliphatic heterocycles. The first-order valence-electron chi connectivity index (χ1n) is 7.25. The minimum absolute atomic E-state index is 0. The number of H-pyrrole nitrogens is 1. The average molecular weight is 345 g/mol. The summed E-state index contributed by atoms with van der Waals surface area (Å²) in [4.78, 5) is 19.8. The first kappa shape index (κ1) is 18.7. The van der Waals surface area contributed by atoms with E-state index in [1.54, 1.807) is 0 Å². The zero-order chi connectivity index (χ0) is 13.8. The fourth-order valence-electron chi connectivity index (χ4n) is 2.65. The smallest absolute Gasteiger partial charge is 0.224 e. The molecule has 1 atom stereocenters. The molecule has 1 aliphatic rings. The summed E-state index contributed by atoms with van der Waals surface area (Å²) in [5.41, 5.74) is 2.02. The third-order valence-corrected chi connectivity index (χ3v) is 3.77. The van der Waals surface area contributed by atoms with Gasteiger partial charge in [-0.1, -0.05) is 12.1 Å². The summed E-state index contributed by atoms with van der Waals surface area (Å²) in [7, 11) is 0. The van der Waals surface area contributed by atoms with Crippen LogP contribution in [0.5, 0.6) is 0 Å². The first-order valence-corrected chi connectivity index (χ1v) is 7.25. The highest BCUT2D eigenvalue weighted by Gasteiger charge is 2.20. The number of piperidine rings is 1. The van der Waals surface area contributed by atoms with Crippen LogP contribution in [0.15, 0.2) is 24.3 Å². The molecule has 3 N–H and O–H groups in total. The van der Waals surface area contributed by atoms with Gasteiger partial charge in [0.25, 0.3) is 0 Å². The Morgan fingerprint density at radius 2 is 2.14 bits per heavy atom. The number of aromatic nitrogens is 2. The molecule has 22 heavy (non-hydrogen) atoms. The molecule has 2 aromatic rings. The van der Waals surface area contributed by atoms with E-state index in [-0.39, 0.29) is 36.6 Å². The van der Waals surface area contributed by atoms with Gasteiger partial charge in [-0.25, -0.2) is 4.98 Å². The molecule has 1 unspecified atom stereocenters. The summed E-state index contributed by atoms with van der Waals surface area (Å²) in [5.74, 6) is 1.21. The number of hydrogen-bond acceptors (Lipinski definition) is 3. The van der Waals surface area contributed by atoms with Crippen LogP contribution in [-0.2, 0) is 11.2 Å². The van der Waals surface area contributed by atoms with E-state index < -0.39 is 0 Å². The molecule has 0 spiro atoms. The van der Waals surface area contributed by atoms with Gasteiger partial charge in [0, 0.05) is 19.5 Å². The number of rotatable bonds is 4. The Morgan fingerprint density at radius 3 is 2.86 bits per heavy atom. The van der Waals surface area contributed by atoms with Crippen LogP contribution in [0.3, 0.4) is 0 Å². The lowest BCUT2D eigenvalue weighted by Crippen LogP contribution is -2.41. The number of fused-ring (bicyclic) bond motifs is 1. The Morgan fingerprint density at radius 1 is 1.32 bits per heavy atom. The third-order valence-electron chi connectivity index (χ3n) is 3.77. The van der Waals surface area contributed by atoms with Crippen molar-refractivity contribution in [2.24, 2.45) is 5.92 Å². The number of amides is 1. The highest BCUT2D eigenvalue weighted by molar-refractivity contribution is 5.85. The maximum Gasteiger partial charge on any atom is 0.224 e. The molecular formula is C15H22Cl2N4O. The van der Waals surface area contributed by atoms with Gasteiger partial charge in [-0.2, -0.15) is 0 Å². The number of nitrogens with zero attached hydrogens (tertiary/aromatic N) is 1. The van der Waals surface area contributed by atoms with Gasteiger partial charge in [-0.3, -0.25) is 4.79 Å². The summed E-state index contributed by atoms with van der Waals surface area (Å²) in [6.45, 7) is 2.47. The minimum atomic E-state index is 0. The lowest BCUT2D eigenvalue weighted by Gasteiger charge is -2.21. The van der Waals surface area contributed by atoms with Crippen LogP contribution in [0.25, 0.3) is 11.0 Å². The highest BCUT2D eigenvalue weighted by Crippen LogP contribution is 2.11. The second-order valence-electron chi connectivity index (χ2n) is 5.28. The molecular weight excluding hydrogens is 323 g/mol. The van der Waals surface area contributed by atoms with Crippen LogP contribution in [0.4, 0.5) is 0 Å². The van der Waals surface area contributed by atoms with Crippen molar-refractivity contribution >= 4 is 41.8 Å². The third kappa shape index (κ3) is 4.60. The van der Waals surface area contributed by atoms with E-state index in [0.717, 1.165) is 49.2 Å². The van der Waals surface area contributed by atoms with E-state index in [1.165, 1.54) is 0 Å². The standard InChI is InChI=1S/C15H20N4O.2ClH/c20-15(11-4-3-8-16-10-11)17-9-7-14-18-12-5-1-2-6-13(12)19-14;;/h1-2,5-6,11,16H,3-4,7-10H2,(H,17,20)(H,18,19);2*1H. The number of para-hydroxylation sites is 2. The summed E-state index contributed by atoms with van der Waals surface area (Å²) in [5, 5.41) is 6.27. The van der Waals surface area contributed by atoms with E-state index in [2.05, 4.69) is 20.6 Å². The number of carbonyl (C=O) groups excluding carboxylic acids is 1. The van der Waals surface area contributed by atoms with Crippen molar-refractivity contribution < 1.29 is 4.79 Å². The number of hydrogen-bond donors (Lipinski definition) is 3. The summed E-state index contributed by atoms with van der Waals surface area (Å²) in [6, 6.07) is 7.96. The van der Waals surface area contributed by atoms with Crippen LogP contribution in [0.1, 0.15) is 18.7 Å². The summed E-state index contributed by atoms with van der Waals surface area (Å²) in [6.07, 6.45) is 2.81. The number of imidazole rings is 1. The van der Waals surface area contributed by atoms with Gasteiger partial charge in [-0.15, -0.1) is 24.8 Å². The second kappa shape index (κ2) is 8.98. The number of nitrogens with one attached hydrogen (secondary N) is 3. The molecule has 0 saturated carbocycles. The lowest BCUT2D eigenvalue weighted by atomic mass is 9.99. The largest absolute Gasteiger partial charge is 0.355 e. The van der Waals surface area contributed by atoms with Gasteiger partial charge in [0.2, 0.25) is 5.91 Å². The molecule has 1 aromatic heterocycles. The quantitative estimate of drug-likeness (QED) is 0.795. The van der Waals surface area contributed by atoms with E-state index >= 15 is 0 Å². The van der Waals surface area contributed by atoms with Gasteiger partial charge < -0.3 is 15.6 Å². The summed E-state index contributed by atoms with van der Waals surface area (Å²) >= 11 is 0. The van der Waals surface area contributed by atoms with Crippen molar-refractivity contribution in [2.45, 2.75) is 19.3 Å². The average Bonchev–Trinajstić information content (AvgIpc) is 2.90. The maximum absolute atomic E-state index is 12.0. The number of carbonyl (C=O) groups is 1. The topological polar surface area (TPSA) is 69.8 Å². The Kier molecular flexibility index (Phi) is 7.65. The van der Waals surface area contributed by atoms with Crippen molar-refractivity contribution in [2.75, 3.05) is 19.6 Å². The molecule has 1 aromatic carbocycles. The molecule has 7 heteroatoms. The fraction of sp³-hybridized carbons (Fsp3) is 0.467. The lowest BCUT2D eigenvalue weighted by molar-refractivity contribution is -0.125. The van der Waals surface area contributed by atoms with Crippen LogP contribution in [-0.4, -0.2) is 35.5 Å². The molecule has 0 radical (unpaired) electrons. The van der Waals surface area contributed by atoms with E-state index in [0.29, 0.717) is 6.54 Å². The van der Waals surface area contributed by atoms with Gasteiger partial charge >= 0.3 is 0 Å². The predicted molar refractivity (Wildman–Crippen MR) is 92.9 cm³/mol. The Balaban J connectivity index is 0.00000121. The summed E-state index contributed by atoms with van der Waals surface area (Å²) < 4.78 is 0. The number of halogens is 2. The van der Waals surface area contributed by atoms with E-state index in [1.807, 2.05) is 24.3 Å². The van der Waals surface area contributed by atoms with Crippen molar-refractivity contribution in [1.29, 1.82) is 0 Å². The van der Waals surface area contributed by atoms with Gasteiger partial charge in [0.05, 0.1) is 17.0 Å². The molecule has 5 nitrogen and oxygen atoms in total. The molecule has 3 rings (SSSR count). The normalized spacial score (nSPS) is 17.4. The predicted octanol–water partition coefficient (Wildman–Crippen LogP) is 2.06. The van der Waals surface area contributed by atoms with Crippen molar-refractivity contribution in [3.05, 3.63) is 30.1 Å². The number of benzene rings is 1. The molecule has 1 fully saturated rings. The van der Waals surface area contributed by atoms with Gasteiger partial charge in [0.1, 0.15) is 5.82 Å². The monoisotopic (exact) mass is 344 g/mol. The second-order valence-corrected chi connectivity index (χ2v) is 5.28. The number of aromatic amines is 1. The van der Waals surface area contributed by atoms with Crippen LogP contribution < -0.4 is 10.6 Å². The molecule has 0 bridgehead atoms. The zero-order valence-electron chi connectivity index (χ0n) is 12.3. The molecule has 1 saturated heterocycles. The molecule has 1 amide bonds. The first-order chi connectivity index (χ1) is 9.83. The Bertz CT molecular complexity index is 563. The van der Waals surface area contributed by atoms with E-state index in [9.17, 15) is 4.79 Å². The molecule has 0 aliphatic carbocycles. The van der Waals surface area contributed by atoms with Crippen LogP contribution in [0.2, 0.25) is 0 Å². The van der Waals surface area contributed by atoms with Gasteiger partial charge in [0.15, 0.2) is 0 Å². The van der Waals surface area contributed by atoms with Gasteiger partial charge in [-0.05, 0) is 31.5 Å². The highest BCUT2D eigenvalue weighted by atomic mass is 35.5. The molecule has 2 heterocycles. The van der Waals surface area contributed by atoms with Crippen LogP contribution in [0, 0.1) is 5.92 Å².